The molecule has 0 saturated carbocycles. The van der Waals surface area contributed by atoms with Gasteiger partial charge < -0.3 is 20.9 Å². The first kappa shape index (κ1) is 15.8. The molecule has 2 heterocycles. The second-order valence-electron chi connectivity index (χ2n) is 4.45. The van der Waals surface area contributed by atoms with Gasteiger partial charge in [0.05, 0.1) is 6.10 Å². The van der Waals surface area contributed by atoms with Crippen molar-refractivity contribution in [3.8, 4) is 0 Å². The van der Waals surface area contributed by atoms with Crippen LogP contribution < -0.4 is 21.9 Å². The maximum atomic E-state index is 11.7. The number of nitrogens with zero attached hydrogens (tertiary/aromatic N) is 2. The third-order valence-electron chi connectivity index (χ3n) is 3.00. The Morgan fingerprint density at radius 2 is 2.19 bits per heavy atom. The number of ether oxygens (including phenoxy) is 1. The molecule has 2 atom stereocenters. The lowest BCUT2D eigenvalue weighted by Crippen LogP contribution is -2.27. The lowest BCUT2D eigenvalue weighted by Gasteiger charge is -2.14. The minimum Gasteiger partial charge on any atom is -0.383 e. The summed E-state index contributed by atoms with van der Waals surface area (Å²) in [6.45, 7) is 0. The Morgan fingerprint density at radius 1 is 1.48 bits per heavy atom. The highest BCUT2D eigenvalue weighted by molar-refractivity contribution is 7.62. The van der Waals surface area contributed by atoms with Crippen molar-refractivity contribution in [2.75, 3.05) is 5.73 Å². The summed E-state index contributed by atoms with van der Waals surface area (Å²) in [7, 11) is -3.59. The summed E-state index contributed by atoms with van der Waals surface area (Å²) in [4.78, 5) is 15.3. The van der Waals surface area contributed by atoms with Crippen molar-refractivity contribution in [1.29, 1.82) is 0 Å². The van der Waals surface area contributed by atoms with Crippen LogP contribution in [0.5, 0.6) is 0 Å². The van der Waals surface area contributed by atoms with Crippen LogP contribution in [0.3, 0.4) is 0 Å². The highest BCUT2D eigenvalue weighted by Gasteiger charge is 2.26. The highest BCUT2D eigenvalue weighted by Crippen LogP contribution is 2.37. The number of nitrogens with one attached hydrogen (secondary N) is 2. The molecule has 1 aromatic heterocycles. The fraction of sp³-hybridized carbons (Fsp3) is 0.400. The highest BCUT2D eigenvalue weighted by atomic mass is 31.2. The lowest BCUT2D eigenvalue weighted by molar-refractivity contribution is 0.0204. The van der Waals surface area contributed by atoms with E-state index in [-0.39, 0.29) is 5.82 Å². The van der Waals surface area contributed by atoms with Crippen molar-refractivity contribution >= 4 is 13.3 Å². The molecule has 0 bridgehead atoms. The van der Waals surface area contributed by atoms with Crippen LogP contribution in [0.15, 0.2) is 29.0 Å². The number of nitrogen functional groups attached to an aromatic ring is 1. The van der Waals surface area contributed by atoms with Gasteiger partial charge in [0, 0.05) is 12.0 Å². The van der Waals surface area contributed by atoms with Crippen LogP contribution in [0, 0.1) is 0 Å². The number of anilines is 1. The zero-order chi connectivity index (χ0) is 15.5. The van der Waals surface area contributed by atoms with E-state index in [0.717, 1.165) is 5.82 Å². The summed E-state index contributed by atoms with van der Waals surface area (Å²) >= 11 is 0. The fourth-order valence-electron chi connectivity index (χ4n) is 1.94. The van der Waals surface area contributed by atoms with Crippen molar-refractivity contribution in [1.82, 2.24) is 20.1 Å². The number of hydrogen-bond donors (Lipinski definition) is 5. The van der Waals surface area contributed by atoms with E-state index in [4.69, 9.17) is 20.9 Å². The van der Waals surface area contributed by atoms with Gasteiger partial charge in [-0.25, -0.2) is 4.79 Å². The normalized spacial score (nSPS) is 23.0. The predicted molar refractivity (Wildman–Crippen MR) is 72.6 cm³/mol. The van der Waals surface area contributed by atoms with Gasteiger partial charge in [-0.3, -0.25) is 9.13 Å². The predicted octanol–water partition coefficient (Wildman–Crippen LogP) is 0.167. The van der Waals surface area contributed by atoms with Crippen molar-refractivity contribution < 1.29 is 19.7 Å². The van der Waals surface area contributed by atoms with Crippen molar-refractivity contribution in [2.45, 2.75) is 25.2 Å². The van der Waals surface area contributed by atoms with Gasteiger partial charge in [-0.1, -0.05) is 0 Å². The molecule has 11 heteroatoms. The van der Waals surface area contributed by atoms with Gasteiger partial charge >= 0.3 is 5.69 Å². The minimum atomic E-state index is -3.59. The molecule has 0 spiro atoms. The second kappa shape index (κ2) is 6.48. The lowest BCUT2D eigenvalue weighted by atomic mass is 10.2. The molecule has 6 N–H and O–H groups in total. The van der Waals surface area contributed by atoms with Crippen LogP contribution in [-0.4, -0.2) is 26.1 Å². The first-order valence-electron chi connectivity index (χ1n) is 6.09. The average molecular weight is 317 g/mol. The quantitative estimate of drug-likeness (QED) is 0.378. The van der Waals surface area contributed by atoms with E-state index in [1.807, 2.05) is 0 Å². The van der Waals surface area contributed by atoms with E-state index in [9.17, 15) is 9.36 Å². The van der Waals surface area contributed by atoms with Gasteiger partial charge in [-0.15, -0.1) is 10.5 Å². The van der Waals surface area contributed by atoms with Gasteiger partial charge in [0.15, 0.2) is 0 Å². The topological polar surface area (TPSA) is 152 Å². The Balaban J connectivity index is 2.06. The number of hydrogen-bond acceptors (Lipinski definition) is 7. The van der Waals surface area contributed by atoms with Gasteiger partial charge in [0.2, 0.25) is 0 Å². The van der Waals surface area contributed by atoms with Crippen LogP contribution >= 0.6 is 7.44 Å². The van der Waals surface area contributed by atoms with Crippen molar-refractivity contribution in [3.05, 3.63) is 34.6 Å². The Labute approximate surface area is 119 Å². The molecule has 1 saturated heterocycles. The molecule has 0 aliphatic carbocycles. The maximum absolute atomic E-state index is 11.7. The molecule has 0 unspecified atom stereocenters. The molecule has 1 aliphatic rings. The summed E-state index contributed by atoms with van der Waals surface area (Å²) in [5.74, 6) is 1.22. The molecule has 0 amide bonds. The molecule has 1 aromatic rings. The monoisotopic (exact) mass is 317 g/mol. The van der Waals surface area contributed by atoms with Gasteiger partial charge in [-0.05, 0) is 25.0 Å². The number of nitrogens with two attached hydrogens (primary N) is 1. The molecule has 2 rings (SSSR count). The summed E-state index contributed by atoms with van der Waals surface area (Å²) in [6, 6.07) is 1.49. The smallest absolute Gasteiger partial charge is 0.351 e. The van der Waals surface area contributed by atoms with Gasteiger partial charge in [-0.2, -0.15) is 4.98 Å². The Bertz CT molecular complexity index is 625. The molecule has 1 aliphatic heterocycles. The molecule has 0 radical (unpaired) electrons. The number of aromatic nitrogens is 2. The molecular formula is C10H16N5O5P. The van der Waals surface area contributed by atoms with E-state index < -0.39 is 25.5 Å². The summed E-state index contributed by atoms with van der Waals surface area (Å²) in [5, 5.41) is 20.3. The van der Waals surface area contributed by atoms with E-state index in [0.29, 0.717) is 12.8 Å². The van der Waals surface area contributed by atoms with Crippen molar-refractivity contribution in [3.63, 3.8) is 0 Å². The first-order chi connectivity index (χ1) is 9.97. The van der Waals surface area contributed by atoms with Crippen LogP contribution in [0.25, 0.3) is 0 Å². The van der Waals surface area contributed by atoms with Gasteiger partial charge in [0.1, 0.15) is 12.0 Å². The van der Waals surface area contributed by atoms with E-state index in [1.165, 1.54) is 33.4 Å². The molecular weight excluding hydrogens is 301 g/mol. The van der Waals surface area contributed by atoms with Gasteiger partial charge in [0.25, 0.3) is 7.44 Å². The molecule has 21 heavy (non-hydrogen) atoms. The molecule has 1 fully saturated rings. The maximum Gasteiger partial charge on any atom is 0.351 e. The van der Waals surface area contributed by atoms with E-state index >= 15 is 0 Å². The number of rotatable bonds is 5. The largest absolute Gasteiger partial charge is 0.383 e. The summed E-state index contributed by atoms with van der Waals surface area (Å²) in [6.07, 6.45) is 3.16. The van der Waals surface area contributed by atoms with Crippen LogP contribution in [-0.2, 0) is 9.30 Å². The zero-order valence-corrected chi connectivity index (χ0v) is 11.8. The summed E-state index contributed by atoms with van der Waals surface area (Å²) in [5.41, 5.74) is 4.90. The molecule has 0 aromatic carbocycles. The second-order valence-corrected chi connectivity index (χ2v) is 6.46. The first-order valence-corrected chi connectivity index (χ1v) is 7.87. The van der Waals surface area contributed by atoms with Crippen LogP contribution in [0.4, 0.5) is 5.82 Å². The minimum absolute atomic E-state index is 0.134. The zero-order valence-electron chi connectivity index (χ0n) is 10.9. The standard InChI is InChI=1S/C10H16N5O5P/c11-8-3-5-15(10(16)12-8)9-2-1-7(20-9)4-6-21(19,13-17)14-18/h3-7,9,17-18H,1-2H2,(H2,11,12,16)(H2,13,14,19)/b6-4+/t7-,9+/m0/s1. The summed E-state index contributed by atoms with van der Waals surface area (Å²) < 4.78 is 18.5. The fourth-order valence-corrected chi connectivity index (χ4v) is 2.55. The van der Waals surface area contributed by atoms with Crippen LogP contribution in [0.2, 0.25) is 0 Å². The SMILES string of the molecule is Nc1ccn([C@H]2CC[C@@H](/C=C/P(=O)(NO)NO)O2)c(=O)n1. The Kier molecular flexibility index (Phi) is 4.88. The molecule has 10 nitrogen and oxygen atoms in total. The van der Waals surface area contributed by atoms with E-state index in [1.54, 1.807) is 0 Å². The van der Waals surface area contributed by atoms with Crippen molar-refractivity contribution in [2.24, 2.45) is 0 Å². The average Bonchev–Trinajstić information content (AvgIpc) is 2.93. The third-order valence-corrected chi connectivity index (χ3v) is 4.19. The third kappa shape index (κ3) is 3.76. The van der Waals surface area contributed by atoms with E-state index in [2.05, 4.69) is 4.98 Å². The Morgan fingerprint density at radius 3 is 2.81 bits per heavy atom. The van der Waals surface area contributed by atoms with Crippen LogP contribution in [0.1, 0.15) is 19.1 Å². The Hall–Kier alpha value is -1.55. The molecule has 116 valence electrons.